The van der Waals surface area contributed by atoms with Crippen molar-refractivity contribution in [1.82, 2.24) is 9.97 Å². The van der Waals surface area contributed by atoms with E-state index >= 15 is 0 Å². The van der Waals surface area contributed by atoms with Crippen molar-refractivity contribution in [2.45, 2.75) is 13.3 Å². The summed E-state index contributed by atoms with van der Waals surface area (Å²) in [6.07, 6.45) is 8.44. The number of aromatic nitrogens is 2. The highest BCUT2D eigenvalue weighted by Crippen LogP contribution is 2.32. The van der Waals surface area contributed by atoms with Gasteiger partial charge in [-0.15, -0.1) is 0 Å². The minimum absolute atomic E-state index is 0.991. The molecule has 0 saturated carbocycles. The van der Waals surface area contributed by atoms with E-state index in [1.165, 1.54) is 38.9 Å². The first-order valence-electron chi connectivity index (χ1n) is 11.0. The van der Waals surface area contributed by atoms with Gasteiger partial charge in [0.1, 0.15) is 0 Å². The van der Waals surface area contributed by atoms with Gasteiger partial charge in [-0.1, -0.05) is 67.6 Å². The van der Waals surface area contributed by atoms with Crippen molar-refractivity contribution in [1.29, 1.82) is 0 Å². The van der Waals surface area contributed by atoms with Gasteiger partial charge < -0.3 is 0 Å². The van der Waals surface area contributed by atoms with Crippen molar-refractivity contribution < 1.29 is 0 Å². The third-order valence-corrected chi connectivity index (χ3v) is 5.78. The third kappa shape index (κ3) is 4.21. The average Bonchev–Trinajstić information content (AvgIpc) is 2.89. The van der Waals surface area contributed by atoms with Crippen molar-refractivity contribution in [2.24, 2.45) is 0 Å². The summed E-state index contributed by atoms with van der Waals surface area (Å²) in [6.45, 7) is 2.21. The van der Waals surface area contributed by atoms with E-state index in [1.54, 1.807) is 0 Å². The molecule has 0 aliphatic heterocycles. The van der Waals surface area contributed by atoms with Crippen LogP contribution in [0.4, 0.5) is 0 Å². The summed E-state index contributed by atoms with van der Waals surface area (Å²) < 4.78 is 0. The van der Waals surface area contributed by atoms with Gasteiger partial charge in [0.2, 0.25) is 0 Å². The van der Waals surface area contributed by atoms with Gasteiger partial charge >= 0.3 is 0 Å². The maximum absolute atomic E-state index is 4.27. The summed E-state index contributed by atoms with van der Waals surface area (Å²) in [5, 5.41) is 0. The molecule has 0 amide bonds. The smallest absolute Gasteiger partial charge is 0.0346 e. The molecule has 32 heavy (non-hydrogen) atoms. The Morgan fingerprint density at radius 2 is 0.875 bits per heavy atom. The van der Waals surface area contributed by atoms with Crippen molar-refractivity contribution in [3.8, 4) is 44.5 Å². The first-order chi connectivity index (χ1) is 15.8. The first-order valence-corrected chi connectivity index (χ1v) is 11.0. The van der Waals surface area contributed by atoms with Crippen LogP contribution < -0.4 is 0 Å². The molecule has 0 aliphatic rings. The lowest BCUT2D eigenvalue weighted by Crippen LogP contribution is -1.89. The normalized spacial score (nSPS) is 10.8. The Balaban J connectivity index is 1.58. The summed E-state index contributed by atoms with van der Waals surface area (Å²) in [5.41, 5.74) is 10.8. The molecule has 0 fully saturated rings. The monoisotopic (exact) mass is 412 g/mol. The highest BCUT2D eigenvalue weighted by Gasteiger charge is 2.08. The summed E-state index contributed by atoms with van der Waals surface area (Å²) in [6, 6.07) is 32.5. The number of rotatable bonds is 5. The fourth-order valence-electron chi connectivity index (χ4n) is 4.05. The van der Waals surface area contributed by atoms with Gasteiger partial charge in [-0.2, -0.15) is 0 Å². The summed E-state index contributed by atoms with van der Waals surface area (Å²) in [7, 11) is 0. The molecule has 5 aromatic rings. The molecule has 5 rings (SSSR count). The van der Waals surface area contributed by atoms with Gasteiger partial charge in [0, 0.05) is 35.9 Å². The van der Waals surface area contributed by atoms with Crippen molar-refractivity contribution in [3.63, 3.8) is 0 Å². The van der Waals surface area contributed by atoms with E-state index in [4.69, 9.17) is 0 Å². The molecule has 2 nitrogen and oxygen atoms in total. The van der Waals surface area contributed by atoms with Crippen LogP contribution in [0.2, 0.25) is 0 Å². The lowest BCUT2D eigenvalue weighted by Gasteiger charge is -2.12. The molecule has 0 spiro atoms. The van der Waals surface area contributed by atoms with Gasteiger partial charge in [0.25, 0.3) is 0 Å². The molecule has 2 aromatic heterocycles. The van der Waals surface area contributed by atoms with Crippen LogP contribution in [0.5, 0.6) is 0 Å². The summed E-state index contributed by atoms with van der Waals surface area (Å²) in [5.74, 6) is 0. The molecule has 0 aliphatic carbocycles. The number of nitrogens with zero attached hydrogens (tertiary/aromatic N) is 2. The van der Waals surface area contributed by atoms with Crippen molar-refractivity contribution in [3.05, 3.63) is 121 Å². The Morgan fingerprint density at radius 1 is 0.469 bits per heavy atom. The minimum Gasteiger partial charge on any atom is -0.264 e. The second-order valence-electron chi connectivity index (χ2n) is 7.92. The zero-order chi connectivity index (χ0) is 21.8. The number of pyridine rings is 2. The number of hydrogen-bond acceptors (Lipinski definition) is 2. The van der Waals surface area contributed by atoms with E-state index in [2.05, 4.69) is 95.8 Å². The second kappa shape index (κ2) is 8.99. The van der Waals surface area contributed by atoms with Crippen LogP contribution in [-0.4, -0.2) is 9.97 Å². The predicted octanol–water partition coefficient (Wildman–Crippen LogP) is 7.71. The fourth-order valence-corrected chi connectivity index (χ4v) is 4.05. The van der Waals surface area contributed by atoms with E-state index in [0.717, 1.165) is 17.5 Å². The van der Waals surface area contributed by atoms with Crippen molar-refractivity contribution in [2.75, 3.05) is 0 Å². The van der Waals surface area contributed by atoms with Crippen LogP contribution in [0.15, 0.2) is 116 Å². The van der Waals surface area contributed by atoms with Gasteiger partial charge in [0.05, 0.1) is 0 Å². The maximum atomic E-state index is 4.27. The van der Waals surface area contributed by atoms with Crippen LogP contribution in [0.3, 0.4) is 0 Å². The molecule has 0 bridgehead atoms. The topological polar surface area (TPSA) is 25.8 Å². The SMILES string of the molecule is CCc1cc(-c2cccc(-c3cccnc3)c2)cc(-c2cccc(-c3cccnc3)c2)c1. The molecular formula is C30H24N2. The second-order valence-corrected chi connectivity index (χ2v) is 7.92. The largest absolute Gasteiger partial charge is 0.264 e. The van der Waals surface area contributed by atoms with Crippen LogP contribution in [-0.2, 0) is 6.42 Å². The standard InChI is InChI=1S/C30H24N2/c1-2-22-15-29(25-9-3-7-23(17-25)27-11-5-13-31-20-27)19-30(16-22)26-10-4-8-24(18-26)28-12-6-14-32-21-28/h3-21H,2H2,1H3. The van der Waals surface area contributed by atoms with Crippen molar-refractivity contribution >= 4 is 0 Å². The maximum Gasteiger partial charge on any atom is 0.0346 e. The zero-order valence-electron chi connectivity index (χ0n) is 18.1. The van der Waals surface area contributed by atoms with E-state index < -0.39 is 0 Å². The summed E-state index contributed by atoms with van der Waals surface area (Å²) >= 11 is 0. The van der Waals surface area contributed by atoms with Gasteiger partial charge in [0.15, 0.2) is 0 Å². The van der Waals surface area contributed by atoms with Gasteiger partial charge in [-0.3, -0.25) is 9.97 Å². The fraction of sp³-hybridized carbons (Fsp3) is 0.0667. The number of benzene rings is 3. The molecule has 2 heteroatoms. The Morgan fingerprint density at radius 3 is 1.28 bits per heavy atom. The lowest BCUT2D eigenvalue weighted by atomic mass is 9.93. The van der Waals surface area contributed by atoms with Crippen LogP contribution >= 0.6 is 0 Å². The minimum atomic E-state index is 0.991. The Kier molecular flexibility index (Phi) is 5.59. The average molecular weight is 413 g/mol. The van der Waals surface area contributed by atoms with Crippen LogP contribution in [0.25, 0.3) is 44.5 Å². The zero-order valence-corrected chi connectivity index (χ0v) is 18.1. The Hall–Kier alpha value is -4.04. The predicted molar refractivity (Wildman–Crippen MR) is 133 cm³/mol. The molecule has 3 aromatic carbocycles. The molecule has 0 saturated heterocycles. The highest BCUT2D eigenvalue weighted by atomic mass is 14.6. The van der Waals surface area contributed by atoms with E-state index in [9.17, 15) is 0 Å². The third-order valence-electron chi connectivity index (χ3n) is 5.78. The quantitative estimate of drug-likeness (QED) is 0.295. The molecule has 154 valence electrons. The van der Waals surface area contributed by atoms with Gasteiger partial charge in [-0.05, 0) is 75.7 Å². The van der Waals surface area contributed by atoms with Crippen LogP contribution in [0, 0.1) is 0 Å². The van der Waals surface area contributed by atoms with Gasteiger partial charge in [-0.25, -0.2) is 0 Å². The summed E-state index contributed by atoms with van der Waals surface area (Å²) in [4.78, 5) is 8.55. The number of hydrogen-bond donors (Lipinski definition) is 0. The molecule has 0 radical (unpaired) electrons. The molecule has 0 N–H and O–H groups in total. The van der Waals surface area contributed by atoms with E-state index in [1.807, 2.05) is 36.9 Å². The highest BCUT2D eigenvalue weighted by molar-refractivity contribution is 5.79. The Labute approximate surface area is 189 Å². The first kappa shape index (κ1) is 19.9. The van der Waals surface area contributed by atoms with Crippen LogP contribution in [0.1, 0.15) is 12.5 Å². The Bertz CT molecular complexity index is 1240. The number of aryl methyl sites for hydroxylation is 1. The molecule has 0 unspecified atom stereocenters. The molecule has 2 heterocycles. The van der Waals surface area contributed by atoms with E-state index in [0.29, 0.717) is 0 Å². The lowest BCUT2D eigenvalue weighted by molar-refractivity contribution is 1.14. The van der Waals surface area contributed by atoms with E-state index in [-0.39, 0.29) is 0 Å². The molecule has 0 atom stereocenters. The molecular weight excluding hydrogens is 388 g/mol.